The fraction of sp³-hybridized carbons (Fsp3) is 0.345. The number of carboxylic acid groups (broad SMARTS) is 1. The SMILES string of the molecule is Cc1ccc([C@@H](C(=O)N[C@@H](CC(=O)OCC(C)CC(C(=O)N[C@@H](CC(=O)O)c2cncc(-c3c(C)cccc3C)c2)n2ccccc2=O)c2cncc(-c3c(C)cccc3C)c2)N2CC(C)CCC2=O)cc1. The Morgan fingerprint density at radius 2 is 1.26 bits per heavy atom. The third-order valence-electron chi connectivity index (χ3n) is 13.5. The first-order valence-corrected chi connectivity index (χ1v) is 24.5. The van der Waals surface area contributed by atoms with Crippen molar-refractivity contribution in [1.29, 1.82) is 0 Å². The minimum atomic E-state index is -1.14. The third-order valence-corrected chi connectivity index (χ3v) is 13.5. The first kappa shape index (κ1) is 52.1. The van der Waals surface area contributed by atoms with E-state index in [1.165, 1.54) is 23.0 Å². The number of nitrogens with zero attached hydrogens (tertiary/aromatic N) is 4. The number of carboxylic acids is 1. The van der Waals surface area contributed by atoms with Gasteiger partial charge in [0.15, 0.2) is 0 Å². The standard InChI is InChI=1S/C58H64N6O8/c1-35-17-20-42(21-18-35)56(64-33-36(2)19-22-51(64)66)58(71)62-48(44-26-46(32-60-30-44)55-40(6)14-11-15-41(55)7)28-53(69)72-34-37(3)24-49(63-23-9-8-16-50(63)65)57(70)61-47(27-52(67)68)43-25-45(31-59-29-43)54-38(4)12-10-13-39(54)5/h8-18,20-21,23,25-26,29-32,36-37,47-49,56H,19,22,24,27-28,33-34H2,1-7H3,(H,61,70)(H,62,71)(H,67,68)/t36?,37?,47-,48-,49?,56-/m0/s1. The van der Waals surface area contributed by atoms with Crippen LogP contribution in [0.4, 0.5) is 0 Å². The van der Waals surface area contributed by atoms with E-state index >= 15 is 0 Å². The monoisotopic (exact) mass is 972 g/mol. The lowest BCUT2D eigenvalue weighted by atomic mass is 9.93. The number of benzene rings is 3. The van der Waals surface area contributed by atoms with Crippen LogP contribution < -0.4 is 16.2 Å². The Balaban J connectivity index is 1.13. The summed E-state index contributed by atoms with van der Waals surface area (Å²) in [6.45, 7) is 14.0. The van der Waals surface area contributed by atoms with Gasteiger partial charge in [0.1, 0.15) is 12.1 Å². The molecule has 0 spiro atoms. The largest absolute Gasteiger partial charge is 0.481 e. The van der Waals surface area contributed by atoms with Crippen molar-refractivity contribution in [3.63, 3.8) is 0 Å². The third kappa shape index (κ3) is 12.8. The van der Waals surface area contributed by atoms with Gasteiger partial charge in [-0.15, -0.1) is 0 Å². The van der Waals surface area contributed by atoms with Gasteiger partial charge in [-0.1, -0.05) is 86.1 Å². The fourth-order valence-electron chi connectivity index (χ4n) is 9.77. The fourth-order valence-corrected chi connectivity index (χ4v) is 9.77. The van der Waals surface area contributed by atoms with Gasteiger partial charge in [0, 0.05) is 61.1 Å². The molecular formula is C58H64N6O8. The number of piperidine rings is 1. The predicted molar refractivity (Wildman–Crippen MR) is 275 cm³/mol. The van der Waals surface area contributed by atoms with E-state index in [4.69, 9.17) is 4.74 Å². The summed E-state index contributed by atoms with van der Waals surface area (Å²) in [4.78, 5) is 93.1. The van der Waals surface area contributed by atoms with Crippen molar-refractivity contribution in [2.24, 2.45) is 11.8 Å². The molecule has 0 radical (unpaired) electrons. The van der Waals surface area contributed by atoms with E-state index in [-0.39, 0.29) is 31.3 Å². The zero-order valence-electron chi connectivity index (χ0n) is 42.1. The van der Waals surface area contributed by atoms with E-state index in [0.717, 1.165) is 56.5 Å². The summed E-state index contributed by atoms with van der Waals surface area (Å²) in [7, 11) is 0. The van der Waals surface area contributed by atoms with Crippen molar-refractivity contribution in [1.82, 2.24) is 30.1 Å². The number of pyridine rings is 3. The molecule has 4 heterocycles. The van der Waals surface area contributed by atoms with Crippen LogP contribution in [0, 0.1) is 46.5 Å². The van der Waals surface area contributed by atoms with Crippen molar-refractivity contribution in [2.45, 2.75) is 105 Å². The molecule has 374 valence electrons. The number of aromatic nitrogens is 3. The van der Waals surface area contributed by atoms with Crippen LogP contribution in [0.25, 0.3) is 22.3 Å². The van der Waals surface area contributed by atoms with Crippen LogP contribution in [0.2, 0.25) is 0 Å². The second kappa shape index (κ2) is 23.4. The number of aryl methyl sites for hydroxylation is 5. The van der Waals surface area contributed by atoms with Gasteiger partial charge in [0.25, 0.3) is 5.56 Å². The Hall–Kier alpha value is -7.74. The topological polar surface area (TPSA) is 190 Å². The highest BCUT2D eigenvalue weighted by Crippen LogP contribution is 2.34. The van der Waals surface area contributed by atoms with Crippen molar-refractivity contribution in [2.75, 3.05) is 13.2 Å². The lowest BCUT2D eigenvalue weighted by Gasteiger charge is -2.37. The van der Waals surface area contributed by atoms with E-state index in [9.17, 15) is 33.9 Å². The van der Waals surface area contributed by atoms with E-state index in [1.54, 1.807) is 42.5 Å². The molecule has 0 bridgehead atoms. The van der Waals surface area contributed by atoms with Crippen LogP contribution in [0.1, 0.15) is 115 Å². The number of carbonyl (C=O) groups is 5. The average molecular weight is 973 g/mol. The molecular weight excluding hydrogens is 909 g/mol. The summed E-state index contributed by atoms with van der Waals surface area (Å²) in [6, 6.07) is 23.7. The molecule has 1 saturated heterocycles. The second-order valence-corrected chi connectivity index (χ2v) is 19.5. The molecule has 7 rings (SSSR count). The Kier molecular flexibility index (Phi) is 17.0. The number of hydrogen-bond donors (Lipinski definition) is 3. The number of nitrogens with one attached hydrogen (secondary N) is 2. The van der Waals surface area contributed by atoms with Crippen molar-refractivity contribution >= 4 is 29.7 Å². The van der Waals surface area contributed by atoms with Crippen LogP contribution in [-0.4, -0.2) is 67.4 Å². The number of carbonyl (C=O) groups excluding carboxylic acids is 4. The smallest absolute Gasteiger partial charge is 0.308 e. The normalized spacial score (nSPS) is 15.7. The molecule has 14 heteroatoms. The van der Waals surface area contributed by atoms with Crippen LogP contribution in [0.3, 0.4) is 0 Å². The molecule has 3 aromatic carbocycles. The maximum atomic E-state index is 14.8. The lowest BCUT2D eigenvalue weighted by molar-refractivity contribution is -0.147. The molecule has 72 heavy (non-hydrogen) atoms. The summed E-state index contributed by atoms with van der Waals surface area (Å²) in [5.41, 5.74) is 9.81. The van der Waals surface area contributed by atoms with Gasteiger partial charge >= 0.3 is 11.9 Å². The lowest BCUT2D eigenvalue weighted by Crippen LogP contribution is -2.48. The van der Waals surface area contributed by atoms with Gasteiger partial charge in [-0.25, -0.2) is 0 Å². The van der Waals surface area contributed by atoms with Crippen molar-refractivity contribution in [3.8, 4) is 22.3 Å². The van der Waals surface area contributed by atoms with Crippen LogP contribution in [-0.2, 0) is 28.7 Å². The number of aliphatic carboxylic acids is 1. The van der Waals surface area contributed by atoms with E-state index in [0.29, 0.717) is 29.7 Å². The molecule has 1 aliphatic heterocycles. The molecule has 3 amide bonds. The molecule has 1 fully saturated rings. The van der Waals surface area contributed by atoms with Crippen LogP contribution in [0.15, 0.2) is 127 Å². The van der Waals surface area contributed by atoms with Gasteiger partial charge in [-0.3, -0.25) is 38.7 Å². The Labute approximate surface area is 420 Å². The number of likely N-dealkylation sites (tertiary alicyclic amines) is 1. The van der Waals surface area contributed by atoms with Crippen LogP contribution in [0.5, 0.6) is 0 Å². The summed E-state index contributed by atoms with van der Waals surface area (Å²) in [5, 5.41) is 16.1. The molecule has 0 aliphatic carbocycles. The molecule has 6 atom stereocenters. The molecule has 6 aromatic rings. The number of esters is 1. The maximum Gasteiger partial charge on any atom is 0.308 e. The maximum absolute atomic E-state index is 14.8. The zero-order chi connectivity index (χ0) is 51.6. The summed E-state index contributed by atoms with van der Waals surface area (Å²) < 4.78 is 7.23. The minimum Gasteiger partial charge on any atom is -0.481 e. The predicted octanol–water partition coefficient (Wildman–Crippen LogP) is 9.20. The Morgan fingerprint density at radius 1 is 0.708 bits per heavy atom. The Morgan fingerprint density at radius 3 is 1.82 bits per heavy atom. The van der Waals surface area contributed by atoms with Gasteiger partial charge in [0.2, 0.25) is 17.7 Å². The Bertz CT molecular complexity index is 2960. The average Bonchev–Trinajstić information content (AvgIpc) is 3.34. The highest BCUT2D eigenvalue weighted by Gasteiger charge is 2.37. The second-order valence-electron chi connectivity index (χ2n) is 19.5. The molecule has 3 unspecified atom stereocenters. The first-order chi connectivity index (χ1) is 34.5. The van der Waals surface area contributed by atoms with Crippen LogP contribution >= 0.6 is 0 Å². The molecule has 3 N–H and O–H groups in total. The summed E-state index contributed by atoms with van der Waals surface area (Å²) >= 11 is 0. The van der Waals surface area contributed by atoms with Gasteiger partial charge in [0.05, 0.1) is 31.5 Å². The zero-order valence-corrected chi connectivity index (χ0v) is 42.1. The number of hydrogen-bond acceptors (Lipinski definition) is 9. The number of ether oxygens (including phenoxy) is 1. The van der Waals surface area contributed by atoms with Crippen molar-refractivity contribution < 1.29 is 33.8 Å². The van der Waals surface area contributed by atoms with E-state index < -0.39 is 65.8 Å². The van der Waals surface area contributed by atoms with E-state index in [2.05, 4.69) is 27.5 Å². The van der Waals surface area contributed by atoms with Crippen molar-refractivity contribution in [3.05, 3.63) is 177 Å². The van der Waals surface area contributed by atoms with Gasteiger partial charge < -0.3 is 29.9 Å². The molecule has 1 aliphatic rings. The highest BCUT2D eigenvalue weighted by molar-refractivity contribution is 5.90. The van der Waals surface area contributed by atoms with E-state index in [1.807, 2.05) is 107 Å². The highest BCUT2D eigenvalue weighted by atomic mass is 16.5. The molecule has 14 nitrogen and oxygen atoms in total. The molecule has 0 saturated carbocycles. The molecule has 3 aromatic heterocycles. The summed E-state index contributed by atoms with van der Waals surface area (Å²) in [5.74, 6) is -3.29. The van der Waals surface area contributed by atoms with Gasteiger partial charge in [-0.2, -0.15) is 0 Å². The quantitative estimate of drug-likeness (QED) is 0.0660. The number of amides is 3. The first-order valence-electron chi connectivity index (χ1n) is 24.5. The van der Waals surface area contributed by atoms with Gasteiger partial charge in [-0.05, 0) is 128 Å². The minimum absolute atomic E-state index is 0.0337. The summed E-state index contributed by atoms with van der Waals surface area (Å²) in [6.07, 6.45) is 8.41. The number of rotatable bonds is 19.